The molecule has 0 aliphatic heterocycles. The zero-order valence-electron chi connectivity index (χ0n) is 13.8. The van der Waals surface area contributed by atoms with Gasteiger partial charge in [-0.1, -0.05) is 39.8 Å². The Morgan fingerprint density at radius 1 is 0.952 bits per heavy atom. The molecular formula is C20H25N. The van der Waals surface area contributed by atoms with Crippen molar-refractivity contribution in [2.45, 2.75) is 58.3 Å². The third-order valence-corrected chi connectivity index (χ3v) is 5.17. The molecular weight excluding hydrogens is 254 g/mol. The first-order valence-corrected chi connectivity index (χ1v) is 7.87. The molecule has 0 N–H and O–H groups in total. The topological polar surface area (TPSA) is 12.9 Å². The summed E-state index contributed by atoms with van der Waals surface area (Å²) in [5, 5.41) is 0. The van der Waals surface area contributed by atoms with Gasteiger partial charge in [-0.3, -0.25) is 4.98 Å². The molecule has 1 aromatic heterocycles. The number of fused-ring (bicyclic) bond motifs is 1. The van der Waals surface area contributed by atoms with Crippen molar-refractivity contribution in [1.29, 1.82) is 0 Å². The summed E-state index contributed by atoms with van der Waals surface area (Å²) in [7, 11) is 0. The second kappa shape index (κ2) is 4.69. The van der Waals surface area contributed by atoms with Gasteiger partial charge in [-0.25, -0.2) is 0 Å². The number of hydrogen-bond donors (Lipinski definition) is 0. The molecule has 0 radical (unpaired) electrons. The number of rotatable bonds is 1. The van der Waals surface area contributed by atoms with Gasteiger partial charge < -0.3 is 0 Å². The van der Waals surface area contributed by atoms with E-state index in [4.69, 9.17) is 0 Å². The lowest BCUT2D eigenvalue weighted by Crippen LogP contribution is -2.34. The summed E-state index contributed by atoms with van der Waals surface area (Å²) in [5.74, 6) is 0. The van der Waals surface area contributed by atoms with Crippen LogP contribution in [0, 0.1) is 6.92 Å². The van der Waals surface area contributed by atoms with Gasteiger partial charge in [0.2, 0.25) is 0 Å². The van der Waals surface area contributed by atoms with Crippen molar-refractivity contribution in [3.05, 3.63) is 53.3 Å². The van der Waals surface area contributed by atoms with E-state index in [0.29, 0.717) is 0 Å². The van der Waals surface area contributed by atoms with Crippen molar-refractivity contribution >= 4 is 0 Å². The third kappa shape index (κ3) is 2.39. The number of aryl methyl sites for hydroxylation is 1. The Labute approximate surface area is 128 Å². The minimum absolute atomic E-state index is 0.259. The monoisotopic (exact) mass is 279 g/mol. The molecule has 0 bridgehead atoms. The third-order valence-electron chi connectivity index (χ3n) is 5.17. The number of nitrogens with zero attached hydrogens (tertiary/aromatic N) is 1. The molecule has 1 nitrogen and oxygen atoms in total. The molecule has 21 heavy (non-hydrogen) atoms. The Hall–Kier alpha value is -1.63. The van der Waals surface area contributed by atoms with Crippen LogP contribution in [0.4, 0.5) is 0 Å². The van der Waals surface area contributed by atoms with Crippen LogP contribution in [-0.2, 0) is 10.8 Å². The van der Waals surface area contributed by atoms with E-state index in [1.54, 1.807) is 0 Å². The number of pyridine rings is 1. The summed E-state index contributed by atoms with van der Waals surface area (Å²) in [4.78, 5) is 4.28. The van der Waals surface area contributed by atoms with Gasteiger partial charge in [-0.05, 0) is 65.0 Å². The molecule has 0 saturated heterocycles. The molecule has 0 fully saturated rings. The zero-order valence-corrected chi connectivity index (χ0v) is 13.8. The maximum atomic E-state index is 4.28. The van der Waals surface area contributed by atoms with Crippen LogP contribution in [0.5, 0.6) is 0 Å². The van der Waals surface area contributed by atoms with E-state index in [2.05, 4.69) is 57.8 Å². The van der Waals surface area contributed by atoms with Crippen LogP contribution in [0.1, 0.15) is 57.2 Å². The van der Waals surface area contributed by atoms with Crippen molar-refractivity contribution in [2.24, 2.45) is 0 Å². The minimum atomic E-state index is 0.259. The second-order valence-electron chi connectivity index (χ2n) is 7.72. The van der Waals surface area contributed by atoms with Crippen LogP contribution in [0.3, 0.4) is 0 Å². The summed E-state index contributed by atoms with van der Waals surface area (Å²) in [5.41, 5.74) is 7.49. The highest BCUT2D eigenvalue weighted by molar-refractivity contribution is 5.69. The van der Waals surface area contributed by atoms with E-state index in [1.165, 1.54) is 40.7 Å². The van der Waals surface area contributed by atoms with E-state index >= 15 is 0 Å². The largest absolute Gasteiger partial charge is 0.264 e. The molecule has 1 aromatic carbocycles. The van der Waals surface area contributed by atoms with Gasteiger partial charge >= 0.3 is 0 Å². The van der Waals surface area contributed by atoms with E-state index in [1.807, 2.05) is 18.5 Å². The lowest BCUT2D eigenvalue weighted by atomic mass is 9.62. The Balaban J connectivity index is 2.24. The van der Waals surface area contributed by atoms with Gasteiger partial charge in [0.05, 0.1) is 0 Å². The first-order valence-electron chi connectivity index (χ1n) is 7.87. The maximum absolute atomic E-state index is 4.28. The fourth-order valence-electron chi connectivity index (χ4n) is 3.56. The average Bonchev–Trinajstić information content (AvgIpc) is 2.45. The van der Waals surface area contributed by atoms with Gasteiger partial charge in [-0.2, -0.15) is 0 Å². The molecule has 0 amide bonds. The van der Waals surface area contributed by atoms with Gasteiger partial charge in [0, 0.05) is 18.0 Å². The number of benzene rings is 1. The van der Waals surface area contributed by atoms with E-state index in [9.17, 15) is 0 Å². The summed E-state index contributed by atoms with van der Waals surface area (Å²) < 4.78 is 0. The van der Waals surface area contributed by atoms with Crippen molar-refractivity contribution in [2.75, 3.05) is 0 Å². The smallest absolute Gasteiger partial charge is 0.0346 e. The Kier molecular flexibility index (Phi) is 3.20. The molecule has 0 unspecified atom stereocenters. The molecule has 2 aromatic rings. The summed E-state index contributed by atoms with van der Waals surface area (Å²) in [6.45, 7) is 11.7. The van der Waals surface area contributed by atoms with Gasteiger partial charge in [0.1, 0.15) is 0 Å². The highest BCUT2D eigenvalue weighted by Gasteiger charge is 2.37. The minimum Gasteiger partial charge on any atom is -0.264 e. The number of hydrogen-bond acceptors (Lipinski definition) is 1. The van der Waals surface area contributed by atoms with Crippen LogP contribution in [0.2, 0.25) is 0 Å². The van der Waals surface area contributed by atoms with Crippen LogP contribution in [0.25, 0.3) is 11.1 Å². The Bertz CT molecular complexity index is 666. The van der Waals surface area contributed by atoms with Crippen molar-refractivity contribution in [1.82, 2.24) is 4.98 Å². The SMILES string of the molecule is Cc1cc2c(cc1-c1cccnc1)C(C)(C)CCC2(C)C. The van der Waals surface area contributed by atoms with Gasteiger partial charge in [-0.15, -0.1) is 0 Å². The zero-order chi connectivity index (χ0) is 15.3. The first kappa shape index (κ1) is 14.3. The molecule has 0 atom stereocenters. The van der Waals surface area contributed by atoms with E-state index in [0.717, 1.165) is 0 Å². The second-order valence-corrected chi connectivity index (χ2v) is 7.72. The normalized spacial score (nSPS) is 19.1. The summed E-state index contributed by atoms with van der Waals surface area (Å²) >= 11 is 0. The molecule has 3 rings (SSSR count). The van der Waals surface area contributed by atoms with Gasteiger partial charge in [0.25, 0.3) is 0 Å². The van der Waals surface area contributed by atoms with Crippen LogP contribution in [-0.4, -0.2) is 4.98 Å². The van der Waals surface area contributed by atoms with Crippen LogP contribution < -0.4 is 0 Å². The highest BCUT2D eigenvalue weighted by atomic mass is 14.6. The fourth-order valence-corrected chi connectivity index (χ4v) is 3.56. The molecule has 110 valence electrons. The molecule has 1 aliphatic rings. The van der Waals surface area contributed by atoms with Crippen molar-refractivity contribution in [3.8, 4) is 11.1 Å². The first-order chi connectivity index (χ1) is 9.81. The van der Waals surface area contributed by atoms with E-state index < -0.39 is 0 Å². The average molecular weight is 279 g/mol. The van der Waals surface area contributed by atoms with Crippen molar-refractivity contribution < 1.29 is 0 Å². The highest BCUT2D eigenvalue weighted by Crippen LogP contribution is 2.47. The predicted octanol–water partition coefficient (Wildman–Crippen LogP) is 5.41. The predicted molar refractivity (Wildman–Crippen MR) is 89.7 cm³/mol. The molecule has 1 heterocycles. The standard InChI is InChI=1S/C20H25N/c1-14-11-17-18(20(4,5)9-8-19(17,2)3)12-16(14)15-7-6-10-21-13-15/h6-7,10-13H,8-9H2,1-5H3. The quantitative estimate of drug-likeness (QED) is 0.680. The van der Waals surface area contributed by atoms with E-state index in [-0.39, 0.29) is 10.8 Å². The number of aromatic nitrogens is 1. The summed E-state index contributed by atoms with van der Waals surface area (Å²) in [6.07, 6.45) is 6.32. The summed E-state index contributed by atoms with van der Waals surface area (Å²) in [6, 6.07) is 9.01. The Morgan fingerprint density at radius 2 is 1.57 bits per heavy atom. The van der Waals surface area contributed by atoms with Crippen LogP contribution >= 0.6 is 0 Å². The van der Waals surface area contributed by atoms with Crippen LogP contribution in [0.15, 0.2) is 36.7 Å². The molecule has 1 heteroatoms. The van der Waals surface area contributed by atoms with Crippen molar-refractivity contribution in [3.63, 3.8) is 0 Å². The lowest BCUT2D eigenvalue weighted by Gasteiger charge is -2.42. The Morgan fingerprint density at radius 3 is 2.14 bits per heavy atom. The maximum Gasteiger partial charge on any atom is 0.0346 e. The fraction of sp³-hybridized carbons (Fsp3) is 0.450. The molecule has 0 saturated carbocycles. The lowest BCUT2D eigenvalue weighted by molar-refractivity contribution is 0.332. The molecule has 0 spiro atoms. The van der Waals surface area contributed by atoms with Gasteiger partial charge in [0.15, 0.2) is 0 Å². The molecule has 1 aliphatic carbocycles.